The Morgan fingerprint density at radius 3 is 2.53 bits per heavy atom. The van der Waals surface area contributed by atoms with E-state index >= 15 is 0 Å². The second-order valence-corrected chi connectivity index (χ2v) is 4.70. The molecule has 1 saturated carbocycles. The Morgan fingerprint density at radius 2 is 1.93 bits per heavy atom. The molecule has 1 nitrogen and oxygen atoms in total. The Kier molecular flexibility index (Phi) is 3.06. The molecule has 78 valence electrons. The SMILES string of the molecule is CC1CCCC(c2ccc(C#N)cc2)C1. The third kappa shape index (κ3) is 2.39. The van der Waals surface area contributed by atoms with Gasteiger partial charge in [0.25, 0.3) is 0 Å². The van der Waals surface area contributed by atoms with Gasteiger partial charge in [0.2, 0.25) is 0 Å². The zero-order valence-electron chi connectivity index (χ0n) is 9.24. The zero-order valence-corrected chi connectivity index (χ0v) is 9.24. The first-order valence-electron chi connectivity index (χ1n) is 5.79. The second kappa shape index (κ2) is 4.49. The van der Waals surface area contributed by atoms with Crippen LogP contribution in [0.4, 0.5) is 0 Å². The Balaban J connectivity index is 2.12. The van der Waals surface area contributed by atoms with Crippen LogP contribution in [0.5, 0.6) is 0 Å². The molecule has 1 aromatic carbocycles. The van der Waals surface area contributed by atoms with Gasteiger partial charge in [0.15, 0.2) is 0 Å². The Labute approximate surface area is 91.7 Å². The average Bonchev–Trinajstić information content (AvgIpc) is 2.29. The number of hydrogen-bond acceptors (Lipinski definition) is 1. The molecule has 0 saturated heterocycles. The van der Waals surface area contributed by atoms with Crippen LogP contribution in [0.15, 0.2) is 24.3 Å². The van der Waals surface area contributed by atoms with Gasteiger partial charge in [-0.3, -0.25) is 0 Å². The van der Waals surface area contributed by atoms with Crippen molar-refractivity contribution in [2.45, 2.75) is 38.5 Å². The van der Waals surface area contributed by atoms with Gasteiger partial charge in [-0.25, -0.2) is 0 Å². The summed E-state index contributed by atoms with van der Waals surface area (Å²) < 4.78 is 0. The van der Waals surface area contributed by atoms with Crippen LogP contribution in [-0.2, 0) is 0 Å². The highest BCUT2D eigenvalue weighted by molar-refractivity contribution is 5.33. The molecule has 0 aliphatic heterocycles. The van der Waals surface area contributed by atoms with Crippen molar-refractivity contribution in [1.29, 1.82) is 5.26 Å². The van der Waals surface area contributed by atoms with E-state index in [0.29, 0.717) is 0 Å². The van der Waals surface area contributed by atoms with E-state index in [4.69, 9.17) is 5.26 Å². The molecule has 0 heterocycles. The highest BCUT2D eigenvalue weighted by Crippen LogP contribution is 2.35. The van der Waals surface area contributed by atoms with E-state index < -0.39 is 0 Å². The minimum absolute atomic E-state index is 0.724. The quantitative estimate of drug-likeness (QED) is 0.674. The highest BCUT2D eigenvalue weighted by atomic mass is 14.3. The van der Waals surface area contributed by atoms with Gasteiger partial charge in [-0.15, -0.1) is 0 Å². The largest absolute Gasteiger partial charge is 0.192 e. The van der Waals surface area contributed by atoms with E-state index in [1.54, 1.807) is 0 Å². The molecule has 2 unspecified atom stereocenters. The van der Waals surface area contributed by atoms with Gasteiger partial charge in [-0.05, 0) is 42.4 Å². The lowest BCUT2D eigenvalue weighted by Gasteiger charge is -2.27. The van der Waals surface area contributed by atoms with Crippen LogP contribution in [-0.4, -0.2) is 0 Å². The highest BCUT2D eigenvalue weighted by Gasteiger charge is 2.19. The molecule has 1 aliphatic rings. The Morgan fingerprint density at radius 1 is 1.20 bits per heavy atom. The molecule has 0 aromatic heterocycles. The molecule has 1 heteroatoms. The van der Waals surface area contributed by atoms with Crippen molar-refractivity contribution < 1.29 is 0 Å². The fourth-order valence-electron chi connectivity index (χ4n) is 2.57. The van der Waals surface area contributed by atoms with Crippen LogP contribution < -0.4 is 0 Å². The molecule has 0 amide bonds. The number of nitrogens with zero attached hydrogens (tertiary/aromatic N) is 1. The van der Waals surface area contributed by atoms with Crippen molar-refractivity contribution in [1.82, 2.24) is 0 Å². The van der Waals surface area contributed by atoms with Gasteiger partial charge in [-0.2, -0.15) is 5.26 Å². The van der Waals surface area contributed by atoms with Crippen LogP contribution >= 0.6 is 0 Å². The molecule has 0 bridgehead atoms. The monoisotopic (exact) mass is 199 g/mol. The summed E-state index contributed by atoms with van der Waals surface area (Å²) in [5, 5.41) is 8.73. The predicted molar refractivity (Wildman–Crippen MR) is 61.5 cm³/mol. The maximum absolute atomic E-state index is 8.73. The van der Waals surface area contributed by atoms with E-state index in [-0.39, 0.29) is 0 Å². The van der Waals surface area contributed by atoms with Crippen molar-refractivity contribution in [3.63, 3.8) is 0 Å². The first kappa shape index (κ1) is 10.2. The van der Waals surface area contributed by atoms with Crippen LogP contribution in [0.2, 0.25) is 0 Å². The summed E-state index contributed by atoms with van der Waals surface area (Å²) in [6, 6.07) is 10.3. The van der Waals surface area contributed by atoms with E-state index in [2.05, 4.69) is 25.1 Å². The molecule has 1 aromatic rings. The summed E-state index contributed by atoms with van der Waals surface area (Å²) in [5.41, 5.74) is 2.18. The number of nitriles is 1. The summed E-state index contributed by atoms with van der Waals surface area (Å²) in [6.45, 7) is 2.34. The van der Waals surface area contributed by atoms with Crippen molar-refractivity contribution in [2.75, 3.05) is 0 Å². The number of hydrogen-bond donors (Lipinski definition) is 0. The standard InChI is InChI=1S/C14H17N/c1-11-3-2-4-14(9-11)13-7-5-12(10-15)6-8-13/h5-8,11,14H,2-4,9H2,1H3. The lowest BCUT2D eigenvalue weighted by Crippen LogP contribution is -2.11. The second-order valence-electron chi connectivity index (χ2n) is 4.70. The van der Waals surface area contributed by atoms with Gasteiger partial charge >= 0.3 is 0 Å². The first-order valence-corrected chi connectivity index (χ1v) is 5.79. The number of rotatable bonds is 1. The molecule has 1 aliphatic carbocycles. The molecular formula is C14H17N. The third-order valence-corrected chi connectivity index (χ3v) is 3.45. The topological polar surface area (TPSA) is 23.8 Å². The fourth-order valence-corrected chi connectivity index (χ4v) is 2.57. The molecule has 0 radical (unpaired) electrons. The van der Waals surface area contributed by atoms with Gasteiger partial charge in [0.1, 0.15) is 0 Å². The van der Waals surface area contributed by atoms with Crippen molar-refractivity contribution in [3.05, 3.63) is 35.4 Å². The van der Waals surface area contributed by atoms with Crippen LogP contribution in [0, 0.1) is 17.2 Å². The third-order valence-electron chi connectivity index (χ3n) is 3.45. The average molecular weight is 199 g/mol. The molecule has 15 heavy (non-hydrogen) atoms. The van der Waals surface area contributed by atoms with Crippen LogP contribution in [0.25, 0.3) is 0 Å². The maximum atomic E-state index is 8.73. The minimum atomic E-state index is 0.724. The van der Waals surface area contributed by atoms with Gasteiger partial charge in [0, 0.05) is 0 Å². The summed E-state index contributed by atoms with van der Waals surface area (Å²) in [7, 11) is 0. The maximum Gasteiger partial charge on any atom is 0.0991 e. The Bertz CT molecular complexity index is 358. The van der Waals surface area contributed by atoms with Gasteiger partial charge in [0.05, 0.1) is 11.6 Å². The van der Waals surface area contributed by atoms with Crippen LogP contribution in [0.1, 0.15) is 49.7 Å². The smallest absolute Gasteiger partial charge is 0.0991 e. The lowest BCUT2D eigenvalue weighted by molar-refractivity contribution is 0.344. The summed E-state index contributed by atoms with van der Waals surface area (Å²) in [4.78, 5) is 0. The molecule has 0 spiro atoms. The lowest BCUT2D eigenvalue weighted by atomic mass is 9.79. The summed E-state index contributed by atoms with van der Waals surface area (Å²) >= 11 is 0. The molecule has 1 fully saturated rings. The van der Waals surface area contributed by atoms with E-state index in [1.165, 1.54) is 31.2 Å². The van der Waals surface area contributed by atoms with Gasteiger partial charge < -0.3 is 0 Å². The molecular weight excluding hydrogens is 182 g/mol. The molecule has 2 rings (SSSR count). The van der Waals surface area contributed by atoms with Crippen molar-refractivity contribution in [3.8, 4) is 6.07 Å². The van der Waals surface area contributed by atoms with E-state index in [9.17, 15) is 0 Å². The van der Waals surface area contributed by atoms with Crippen LogP contribution in [0.3, 0.4) is 0 Å². The minimum Gasteiger partial charge on any atom is -0.192 e. The zero-order chi connectivity index (χ0) is 10.7. The predicted octanol–water partition coefficient (Wildman–Crippen LogP) is 3.85. The normalized spacial score (nSPS) is 25.9. The van der Waals surface area contributed by atoms with Crippen molar-refractivity contribution in [2.24, 2.45) is 5.92 Å². The number of benzene rings is 1. The van der Waals surface area contributed by atoms with E-state index in [0.717, 1.165) is 17.4 Å². The first-order chi connectivity index (χ1) is 7.29. The van der Waals surface area contributed by atoms with Gasteiger partial charge in [-0.1, -0.05) is 31.9 Å². The summed E-state index contributed by atoms with van der Waals surface area (Å²) in [5.74, 6) is 1.58. The Hall–Kier alpha value is -1.29. The molecule has 2 atom stereocenters. The fraction of sp³-hybridized carbons (Fsp3) is 0.500. The summed E-state index contributed by atoms with van der Waals surface area (Å²) in [6.07, 6.45) is 5.36. The van der Waals surface area contributed by atoms with Crippen molar-refractivity contribution >= 4 is 0 Å². The van der Waals surface area contributed by atoms with E-state index in [1.807, 2.05) is 12.1 Å². The molecule has 0 N–H and O–H groups in total.